The summed E-state index contributed by atoms with van der Waals surface area (Å²) in [6, 6.07) is 11.2. The average Bonchev–Trinajstić information content (AvgIpc) is 2.42. The van der Waals surface area contributed by atoms with Crippen molar-refractivity contribution in [3.05, 3.63) is 69.5 Å². The van der Waals surface area contributed by atoms with Crippen LogP contribution in [-0.4, -0.2) is 6.54 Å². The fraction of sp³-hybridized carbons (Fsp3) is 0.333. The predicted octanol–water partition coefficient (Wildman–Crippen LogP) is 4.99. The normalized spacial score (nSPS) is 12.4. The highest BCUT2D eigenvalue weighted by molar-refractivity contribution is 6.31. The molecule has 112 valence electrons. The first kappa shape index (κ1) is 16.0. The summed E-state index contributed by atoms with van der Waals surface area (Å²) in [5.74, 6) is -0.301. The number of aryl methyl sites for hydroxylation is 2. The predicted molar refractivity (Wildman–Crippen MR) is 87.4 cm³/mol. The van der Waals surface area contributed by atoms with Gasteiger partial charge in [0.25, 0.3) is 0 Å². The molecule has 0 saturated carbocycles. The number of halogens is 2. The Bertz CT molecular complexity index is 625. The Labute approximate surface area is 131 Å². The molecule has 0 radical (unpaired) electrons. The molecule has 0 aliphatic carbocycles. The maximum absolute atomic E-state index is 13.2. The third kappa shape index (κ3) is 4.05. The van der Waals surface area contributed by atoms with Gasteiger partial charge in [-0.05, 0) is 61.2 Å². The van der Waals surface area contributed by atoms with E-state index >= 15 is 0 Å². The molecule has 1 unspecified atom stereocenters. The number of hydrogen-bond donors (Lipinski definition) is 1. The SMILES string of the molecule is CCNC(Cc1ccc(C)c(C)c1)c1ccc(F)cc1Cl. The van der Waals surface area contributed by atoms with E-state index in [-0.39, 0.29) is 11.9 Å². The molecule has 0 heterocycles. The van der Waals surface area contributed by atoms with Crippen LogP contribution in [-0.2, 0) is 6.42 Å². The summed E-state index contributed by atoms with van der Waals surface area (Å²) < 4.78 is 13.2. The highest BCUT2D eigenvalue weighted by Gasteiger charge is 2.15. The Morgan fingerprint density at radius 3 is 2.48 bits per heavy atom. The molecule has 21 heavy (non-hydrogen) atoms. The van der Waals surface area contributed by atoms with E-state index in [1.54, 1.807) is 6.07 Å². The Morgan fingerprint density at radius 1 is 1.10 bits per heavy atom. The van der Waals surface area contributed by atoms with E-state index < -0.39 is 0 Å². The lowest BCUT2D eigenvalue weighted by Crippen LogP contribution is -2.23. The van der Waals surface area contributed by atoms with Gasteiger partial charge < -0.3 is 5.32 Å². The lowest BCUT2D eigenvalue weighted by molar-refractivity contribution is 0.547. The molecule has 2 aromatic rings. The van der Waals surface area contributed by atoms with Crippen LogP contribution in [0.1, 0.15) is 35.2 Å². The first-order valence-electron chi connectivity index (χ1n) is 7.25. The van der Waals surface area contributed by atoms with Crippen LogP contribution in [0.5, 0.6) is 0 Å². The van der Waals surface area contributed by atoms with Crippen molar-refractivity contribution in [1.82, 2.24) is 5.32 Å². The van der Waals surface area contributed by atoms with Crippen LogP contribution >= 0.6 is 11.6 Å². The fourth-order valence-electron chi connectivity index (χ4n) is 2.49. The first-order valence-corrected chi connectivity index (χ1v) is 7.63. The van der Waals surface area contributed by atoms with Gasteiger partial charge in [-0.15, -0.1) is 0 Å². The van der Waals surface area contributed by atoms with Crippen LogP contribution in [0.3, 0.4) is 0 Å². The molecule has 0 aliphatic heterocycles. The van der Waals surface area contributed by atoms with E-state index in [9.17, 15) is 4.39 Å². The van der Waals surface area contributed by atoms with Crippen LogP contribution < -0.4 is 5.32 Å². The minimum atomic E-state index is -0.301. The van der Waals surface area contributed by atoms with Gasteiger partial charge in [0.15, 0.2) is 0 Å². The first-order chi connectivity index (χ1) is 10.0. The zero-order valence-electron chi connectivity index (χ0n) is 12.7. The highest BCUT2D eigenvalue weighted by atomic mass is 35.5. The van der Waals surface area contributed by atoms with Crippen molar-refractivity contribution in [3.63, 3.8) is 0 Å². The van der Waals surface area contributed by atoms with Crippen LogP contribution in [0.25, 0.3) is 0 Å². The summed E-state index contributed by atoms with van der Waals surface area (Å²) in [6.45, 7) is 7.12. The molecule has 2 rings (SSSR count). The van der Waals surface area contributed by atoms with E-state index in [1.165, 1.54) is 28.8 Å². The topological polar surface area (TPSA) is 12.0 Å². The Balaban J connectivity index is 2.28. The van der Waals surface area contributed by atoms with E-state index in [0.29, 0.717) is 5.02 Å². The molecule has 1 nitrogen and oxygen atoms in total. The maximum atomic E-state index is 13.2. The third-order valence-corrected chi connectivity index (χ3v) is 4.13. The molecular formula is C18H21ClFN. The Hall–Kier alpha value is -1.38. The molecular weight excluding hydrogens is 285 g/mol. The van der Waals surface area contributed by atoms with Gasteiger partial charge >= 0.3 is 0 Å². The molecule has 0 aromatic heterocycles. The van der Waals surface area contributed by atoms with E-state index in [4.69, 9.17) is 11.6 Å². The zero-order valence-corrected chi connectivity index (χ0v) is 13.5. The monoisotopic (exact) mass is 305 g/mol. The average molecular weight is 306 g/mol. The summed E-state index contributed by atoms with van der Waals surface area (Å²) in [7, 11) is 0. The molecule has 0 bridgehead atoms. The van der Waals surface area contributed by atoms with Crippen molar-refractivity contribution in [2.75, 3.05) is 6.54 Å². The van der Waals surface area contributed by atoms with Gasteiger partial charge in [0.05, 0.1) is 0 Å². The van der Waals surface area contributed by atoms with Crippen molar-refractivity contribution in [2.45, 2.75) is 33.2 Å². The smallest absolute Gasteiger partial charge is 0.124 e. The Kier molecular flexibility index (Phi) is 5.38. The lowest BCUT2D eigenvalue weighted by atomic mass is 9.96. The van der Waals surface area contributed by atoms with Crippen LogP contribution in [0.4, 0.5) is 4.39 Å². The van der Waals surface area contributed by atoms with E-state index in [2.05, 4.69) is 44.3 Å². The fourth-order valence-corrected chi connectivity index (χ4v) is 2.79. The number of likely N-dealkylation sites (N-methyl/N-ethyl adjacent to an activating group) is 1. The molecule has 0 fully saturated rings. The van der Waals surface area contributed by atoms with Crippen LogP contribution in [0.2, 0.25) is 5.02 Å². The highest BCUT2D eigenvalue weighted by Crippen LogP contribution is 2.27. The van der Waals surface area contributed by atoms with Crippen molar-refractivity contribution >= 4 is 11.6 Å². The number of nitrogens with one attached hydrogen (secondary N) is 1. The van der Waals surface area contributed by atoms with Crippen molar-refractivity contribution in [3.8, 4) is 0 Å². The molecule has 0 aliphatic rings. The second-order valence-corrected chi connectivity index (χ2v) is 5.81. The van der Waals surface area contributed by atoms with Gasteiger partial charge in [-0.1, -0.05) is 42.8 Å². The molecule has 0 spiro atoms. The number of hydrogen-bond acceptors (Lipinski definition) is 1. The van der Waals surface area contributed by atoms with Gasteiger partial charge in [-0.2, -0.15) is 0 Å². The lowest BCUT2D eigenvalue weighted by Gasteiger charge is -2.20. The van der Waals surface area contributed by atoms with Crippen LogP contribution in [0.15, 0.2) is 36.4 Å². The molecule has 0 amide bonds. The van der Waals surface area contributed by atoms with E-state index in [0.717, 1.165) is 18.5 Å². The van der Waals surface area contributed by atoms with Crippen molar-refractivity contribution in [2.24, 2.45) is 0 Å². The minimum Gasteiger partial charge on any atom is -0.310 e. The molecule has 1 N–H and O–H groups in total. The standard InChI is InChI=1S/C18H21ClFN/c1-4-21-18(16-8-7-15(20)11-17(16)19)10-14-6-5-12(2)13(3)9-14/h5-9,11,18,21H,4,10H2,1-3H3. The minimum absolute atomic E-state index is 0.0882. The summed E-state index contributed by atoms with van der Waals surface area (Å²) in [5, 5.41) is 3.91. The summed E-state index contributed by atoms with van der Waals surface area (Å²) in [5.41, 5.74) is 4.77. The Morgan fingerprint density at radius 2 is 1.86 bits per heavy atom. The van der Waals surface area contributed by atoms with Crippen LogP contribution in [0, 0.1) is 19.7 Å². The van der Waals surface area contributed by atoms with Crippen molar-refractivity contribution < 1.29 is 4.39 Å². The third-order valence-electron chi connectivity index (χ3n) is 3.80. The summed E-state index contributed by atoms with van der Waals surface area (Å²) in [4.78, 5) is 0. The summed E-state index contributed by atoms with van der Waals surface area (Å²) in [6.07, 6.45) is 0.834. The van der Waals surface area contributed by atoms with E-state index in [1.807, 2.05) is 0 Å². The number of rotatable bonds is 5. The molecule has 0 saturated heterocycles. The summed E-state index contributed by atoms with van der Waals surface area (Å²) >= 11 is 6.20. The second-order valence-electron chi connectivity index (χ2n) is 5.40. The molecule has 2 aromatic carbocycles. The van der Waals surface area contributed by atoms with Gasteiger partial charge in [-0.25, -0.2) is 4.39 Å². The van der Waals surface area contributed by atoms with Gasteiger partial charge in [0.2, 0.25) is 0 Å². The van der Waals surface area contributed by atoms with Crippen molar-refractivity contribution in [1.29, 1.82) is 0 Å². The number of benzene rings is 2. The quantitative estimate of drug-likeness (QED) is 0.820. The largest absolute Gasteiger partial charge is 0.310 e. The van der Waals surface area contributed by atoms with Gasteiger partial charge in [0, 0.05) is 11.1 Å². The van der Waals surface area contributed by atoms with Gasteiger partial charge in [0.1, 0.15) is 5.82 Å². The second kappa shape index (κ2) is 7.06. The maximum Gasteiger partial charge on any atom is 0.124 e. The van der Waals surface area contributed by atoms with Gasteiger partial charge in [-0.3, -0.25) is 0 Å². The zero-order chi connectivity index (χ0) is 15.4. The molecule has 1 atom stereocenters. The molecule has 3 heteroatoms.